The summed E-state index contributed by atoms with van der Waals surface area (Å²) in [5.74, 6) is 6.98. The number of aliphatic hydroxyl groups is 4. The summed E-state index contributed by atoms with van der Waals surface area (Å²) in [6.07, 6.45) is 1.39. The van der Waals surface area contributed by atoms with Crippen LogP contribution in [0.15, 0.2) is 67.0 Å². The molecule has 2 fully saturated rings. The molecule has 6 N–H and O–H groups in total. The van der Waals surface area contributed by atoms with E-state index in [1.807, 2.05) is 48.5 Å². The van der Waals surface area contributed by atoms with E-state index in [9.17, 15) is 30.0 Å². The number of aliphatic hydroxyl groups excluding tert-OH is 4. The summed E-state index contributed by atoms with van der Waals surface area (Å²) in [6, 6.07) is 16.8. The molecule has 50 heavy (non-hydrogen) atoms. The van der Waals surface area contributed by atoms with Crippen LogP contribution in [-0.4, -0.2) is 107 Å². The number of rotatable bonds is 10. The van der Waals surface area contributed by atoms with Gasteiger partial charge in [0.25, 0.3) is 0 Å². The number of para-hydroxylation sites is 1. The minimum absolute atomic E-state index is 0.165. The third-order valence-electron chi connectivity index (χ3n) is 9.22. The van der Waals surface area contributed by atoms with Gasteiger partial charge in [0.05, 0.1) is 31.1 Å². The van der Waals surface area contributed by atoms with Crippen LogP contribution in [0.2, 0.25) is 0 Å². The van der Waals surface area contributed by atoms with Gasteiger partial charge in [-0.2, -0.15) is 0 Å². The van der Waals surface area contributed by atoms with Crippen molar-refractivity contribution in [1.82, 2.24) is 29.7 Å². The second kappa shape index (κ2) is 16.1. The molecule has 3 heterocycles. The Labute approximate surface area is 289 Å². The maximum absolute atomic E-state index is 12.6. The maximum Gasteiger partial charge on any atom is 0.415 e. The third kappa shape index (κ3) is 8.20. The molecule has 0 unspecified atom stereocenters. The average molecular weight is 684 g/mol. The zero-order valence-electron chi connectivity index (χ0n) is 27.4. The second-order valence-electron chi connectivity index (χ2n) is 12.7. The molecule has 1 aliphatic carbocycles. The van der Waals surface area contributed by atoms with Gasteiger partial charge in [-0.1, -0.05) is 54.5 Å². The van der Waals surface area contributed by atoms with E-state index in [-0.39, 0.29) is 30.9 Å². The van der Waals surface area contributed by atoms with Gasteiger partial charge in [0.2, 0.25) is 11.7 Å². The number of piperidine rings is 1. The van der Waals surface area contributed by atoms with E-state index >= 15 is 0 Å². The van der Waals surface area contributed by atoms with Crippen molar-refractivity contribution in [3.63, 3.8) is 0 Å². The molecule has 6 rings (SSSR count). The number of amides is 2. The number of carbonyl (C=O) groups excluding carboxylic acids is 2. The Kier molecular flexibility index (Phi) is 11.2. The predicted octanol–water partition coefficient (Wildman–Crippen LogP) is 1.64. The van der Waals surface area contributed by atoms with Crippen LogP contribution in [0.4, 0.5) is 10.6 Å². The topological polar surface area (TPSA) is 195 Å². The number of carbonyl (C=O) groups is 2. The summed E-state index contributed by atoms with van der Waals surface area (Å²) >= 11 is 0. The van der Waals surface area contributed by atoms with Crippen LogP contribution in [0.25, 0.3) is 11.2 Å². The minimum atomic E-state index is -1.28. The van der Waals surface area contributed by atoms with Crippen LogP contribution in [0.3, 0.4) is 0 Å². The van der Waals surface area contributed by atoms with Gasteiger partial charge < -0.3 is 45.3 Å². The van der Waals surface area contributed by atoms with Crippen molar-refractivity contribution in [3.8, 4) is 17.6 Å². The summed E-state index contributed by atoms with van der Waals surface area (Å²) < 4.78 is 7.12. The van der Waals surface area contributed by atoms with Crippen molar-refractivity contribution in [1.29, 1.82) is 0 Å². The highest BCUT2D eigenvalue weighted by atomic mass is 16.6. The van der Waals surface area contributed by atoms with Crippen LogP contribution in [0.1, 0.15) is 43.1 Å². The highest BCUT2D eigenvalue weighted by Gasteiger charge is 2.44. The fourth-order valence-corrected chi connectivity index (χ4v) is 6.50. The molecular weight excluding hydrogens is 642 g/mol. The molecule has 1 saturated heterocycles. The van der Waals surface area contributed by atoms with Gasteiger partial charge in [0.15, 0.2) is 17.0 Å². The molecule has 0 spiro atoms. The largest absolute Gasteiger partial charge is 0.415 e. The minimum Gasteiger partial charge on any atom is -0.410 e. The van der Waals surface area contributed by atoms with Gasteiger partial charge in [-0.05, 0) is 55.2 Å². The van der Waals surface area contributed by atoms with Crippen LogP contribution in [0, 0.1) is 17.8 Å². The highest BCUT2D eigenvalue weighted by Crippen LogP contribution is 2.34. The standard InChI is InChI=1S/C36H41N7O7/c44-20-25(18-24-8-3-1-4-9-24)38-34-31-35(43(22-37-31)28-19-27(32(47)33(28)48)39-30(46)21-45)41-29(40-34)13-7-10-23-14-16-42(17-15-23)36(49)50-26-11-5-2-6-12-26/h1-6,8-9,11-12,22-23,25,27-28,32-33,44-45,47-48H,10,14-21H2,(H,39,46)(H,38,40,41)/t25-,27-,28+,32+,33-/m0/s1. The Hall–Kier alpha value is -5.07. The molecule has 5 atom stereocenters. The highest BCUT2D eigenvalue weighted by molar-refractivity contribution is 5.84. The third-order valence-corrected chi connectivity index (χ3v) is 9.22. The Morgan fingerprint density at radius 1 is 0.980 bits per heavy atom. The van der Waals surface area contributed by atoms with Crippen molar-refractivity contribution in [2.75, 3.05) is 31.6 Å². The van der Waals surface area contributed by atoms with Crippen molar-refractivity contribution >= 4 is 29.0 Å². The molecule has 262 valence electrons. The number of anilines is 1. The van der Waals surface area contributed by atoms with Gasteiger partial charge in [-0.25, -0.2) is 19.7 Å². The first kappa shape index (κ1) is 34.8. The van der Waals surface area contributed by atoms with E-state index in [0.29, 0.717) is 48.7 Å². The number of hydrogen-bond acceptors (Lipinski definition) is 11. The van der Waals surface area contributed by atoms with Crippen LogP contribution in [-0.2, 0) is 11.2 Å². The number of ether oxygens (including phenoxy) is 1. The number of benzene rings is 2. The number of aromatic nitrogens is 4. The van der Waals surface area contributed by atoms with Gasteiger partial charge in [0, 0.05) is 19.5 Å². The first-order valence-corrected chi connectivity index (χ1v) is 16.8. The van der Waals surface area contributed by atoms with E-state index in [2.05, 4.69) is 32.4 Å². The number of likely N-dealkylation sites (tertiary alicyclic amines) is 1. The molecule has 2 amide bonds. The fraction of sp³-hybridized carbons (Fsp3) is 0.417. The Balaban J connectivity index is 1.20. The molecule has 1 aliphatic heterocycles. The SMILES string of the molecule is O=C(CO)N[C@H]1C[C@@H](n2cnc3c(N[C@H](CO)Cc4ccccc4)nc(C#CCC4CCN(C(=O)Oc5ccccc5)CC4)nc32)[C@H](O)[C@@H]1O. The van der Waals surface area contributed by atoms with Crippen molar-refractivity contribution in [3.05, 3.63) is 78.4 Å². The van der Waals surface area contributed by atoms with E-state index in [1.165, 1.54) is 6.33 Å². The summed E-state index contributed by atoms with van der Waals surface area (Å²) in [7, 11) is 0. The summed E-state index contributed by atoms with van der Waals surface area (Å²) in [5.41, 5.74) is 1.77. The molecule has 1 saturated carbocycles. The Morgan fingerprint density at radius 2 is 1.70 bits per heavy atom. The molecule has 4 aromatic rings. The molecular formula is C36H41N7O7. The van der Waals surface area contributed by atoms with Crippen LogP contribution in [0.5, 0.6) is 5.75 Å². The van der Waals surface area contributed by atoms with Gasteiger partial charge in [0.1, 0.15) is 24.6 Å². The lowest BCUT2D eigenvalue weighted by Crippen LogP contribution is -2.44. The lowest BCUT2D eigenvalue weighted by molar-refractivity contribution is -0.125. The lowest BCUT2D eigenvalue weighted by Gasteiger charge is -2.30. The van der Waals surface area contributed by atoms with Crippen molar-refractivity contribution < 1.29 is 34.8 Å². The van der Waals surface area contributed by atoms with Crippen LogP contribution < -0.4 is 15.4 Å². The summed E-state index contributed by atoms with van der Waals surface area (Å²) in [4.78, 5) is 40.1. The smallest absolute Gasteiger partial charge is 0.410 e. The molecule has 0 radical (unpaired) electrons. The molecule has 2 aromatic heterocycles. The second-order valence-corrected chi connectivity index (χ2v) is 12.7. The first-order valence-electron chi connectivity index (χ1n) is 16.8. The number of fused-ring (bicyclic) bond motifs is 1. The Bertz CT molecular complexity index is 1820. The monoisotopic (exact) mass is 683 g/mol. The quantitative estimate of drug-likeness (QED) is 0.133. The van der Waals surface area contributed by atoms with Crippen molar-refractivity contribution in [2.45, 2.75) is 62.4 Å². The van der Waals surface area contributed by atoms with Gasteiger partial charge in [-0.3, -0.25) is 4.79 Å². The van der Waals surface area contributed by atoms with E-state index in [1.54, 1.807) is 21.6 Å². The summed E-state index contributed by atoms with van der Waals surface area (Å²) in [6.45, 7) is 0.205. The van der Waals surface area contributed by atoms with E-state index in [0.717, 1.165) is 18.4 Å². The number of nitrogens with zero attached hydrogens (tertiary/aromatic N) is 5. The van der Waals surface area contributed by atoms with Gasteiger partial charge in [-0.15, -0.1) is 0 Å². The zero-order valence-corrected chi connectivity index (χ0v) is 27.4. The van der Waals surface area contributed by atoms with E-state index < -0.39 is 42.8 Å². The number of nitrogens with one attached hydrogen (secondary N) is 2. The lowest BCUT2D eigenvalue weighted by atomic mass is 9.94. The van der Waals surface area contributed by atoms with E-state index in [4.69, 9.17) is 9.72 Å². The van der Waals surface area contributed by atoms with Gasteiger partial charge >= 0.3 is 6.09 Å². The normalized spacial score (nSPS) is 21.3. The fourth-order valence-electron chi connectivity index (χ4n) is 6.50. The predicted molar refractivity (Wildman–Crippen MR) is 183 cm³/mol. The maximum atomic E-state index is 12.6. The zero-order chi connectivity index (χ0) is 35.0. The molecule has 0 bridgehead atoms. The number of imidazole rings is 1. The molecule has 14 nitrogen and oxygen atoms in total. The molecule has 2 aliphatic rings. The number of hydrogen-bond donors (Lipinski definition) is 6. The molecule has 14 heteroatoms. The first-order chi connectivity index (χ1) is 24.3. The van der Waals surface area contributed by atoms with Crippen molar-refractivity contribution in [2.24, 2.45) is 5.92 Å². The Morgan fingerprint density at radius 3 is 2.40 bits per heavy atom. The molecule has 2 aromatic carbocycles. The average Bonchev–Trinajstić information content (AvgIpc) is 3.68. The van der Waals surface area contributed by atoms with Crippen LogP contribution >= 0.6 is 0 Å². The summed E-state index contributed by atoms with van der Waals surface area (Å²) in [5, 5.41) is 47.0.